The third-order valence-corrected chi connectivity index (χ3v) is 9.31. The highest BCUT2D eigenvalue weighted by molar-refractivity contribution is 7.47. The zero-order valence-electron chi connectivity index (χ0n) is 30.3. The molecule has 0 aromatic carbocycles. The second-order valence-electron chi connectivity index (χ2n) is 13.1. The Morgan fingerprint density at radius 2 is 0.917 bits per heavy atom. The SMILES string of the molecule is CCCCCCCCCCCCCCCCCCC(=O)O[C@@H](COC(=O)CCCCCCCCCC)COP(=O)(O)OC[C@H](N)C(=O)O. The Bertz CT molecular complexity index is 844. The lowest BCUT2D eigenvalue weighted by Gasteiger charge is -2.20. The minimum atomic E-state index is -4.70. The summed E-state index contributed by atoms with van der Waals surface area (Å²) in [6.45, 7) is 2.77. The van der Waals surface area contributed by atoms with Gasteiger partial charge in [-0.1, -0.05) is 155 Å². The van der Waals surface area contributed by atoms with Crippen LogP contribution < -0.4 is 5.73 Å². The number of carbonyl (C=O) groups is 3. The van der Waals surface area contributed by atoms with Crippen molar-refractivity contribution in [3.8, 4) is 0 Å². The molecule has 0 bridgehead atoms. The van der Waals surface area contributed by atoms with Gasteiger partial charge < -0.3 is 25.2 Å². The van der Waals surface area contributed by atoms with Crippen LogP contribution in [0.2, 0.25) is 0 Å². The van der Waals surface area contributed by atoms with Crippen molar-refractivity contribution in [2.75, 3.05) is 19.8 Å². The van der Waals surface area contributed by atoms with Crippen molar-refractivity contribution in [3.05, 3.63) is 0 Å². The number of phosphoric ester groups is 1. The highest BCUT2D eigenvalue weighted by Gasteiger charge is 2.28. The largest absolute Gasteiger partial charge is 0.480 e. The molecule has 12 heteroatoms. The number of carbonyl (C=O) groups excluding carboxylic acids is 2. The molecule has 0 aliphatic heterocycles. The molecule has 48 heavy (non-hydrogen) atoms. The molecule has 1 unspecified atom stereocenters. The molecular weight excluding hydrogens is 637 g/mol. The van der Waals surface area contributed by atoms with Crippen LogP contribution in [0.3, 0.4) is 0 Å². The lowest BCUT2D eigenvalue weighted by molar-refractivity contribution is -0.161. The van der Waals surface area contributed by atoms with E-state index >= 15 is 0 Å². The number of hydrogen-bond acceptors (Lipinski definition) is 9. The quantitative estimate of drug-likeness (QED) is 0.0322. The Morgan fingerprint density at radius 1 is 0.562 bits per heavy atom. The second kappa shape index (κ2) is 32.7. The first-order valence-corrected chi connectivity index (χ1v) is 20.6. The highest BCUT2D eigenvalue weighted by Crippen LogP contribution is 2.43. The van der Waals surface area contributed by atoms with E-state index in [9.17, 15) is 23.8 Å². The standard InChI is InChI=1S/C36H70NO10P/c1-3-5-7-9-11-13-14-15-16-17-18-19-20-22-24-26-28-35(39)47-32(30-45-48(42,43)46-31-33(37)36(40)41)29-44-34(38)27-25-23-21-12-10-8-6-4-2/h32-33H,3-31,37H2,1-2H3,(H,40,41)(H,42,43)/t32-,33-/m0/s1. The molecule has 0 aromatic heterocycles. The van der Waals surface area contributed by atoms with Gasteiger partial charge in [-0.3, -0.25) is 23.4 Å². The molecule has 0 aliphatic carbocycles. The molecule has 0 saturated carbocycles. The second-order valence-corrected chi connectivity index (χ2v) is 14.5. The Balaban J connectivity index is 4.35. The maximum Gasteiger partial charge on any atom is 0.472 e. The van der Waals surface area contributed by atoms with E-state index in [0.29, 0.717) is 12.8 Å². The fourth-order valence-corrected chi connectivity index (χ4v) is 6.08. The van der Waals surface area contributed by atoms with Crippen LogP contribution in [-0.2, 0) is 37.5 Å². The average Bonchev–Trinajstić information content (AvgIpc) is 3.05. The van der Waals surface area contributed by atoms with Crippen molar-refractivity contribution in [3.63, 3.8) is 0 Å². The van der Waals surface area contributed by atoms with Gasteiger partial charge in [-0.25, -0.2) is 4.57 Å². The van der Waals surface area contributed by atoms with Gasteiger partial charge in [0.05, 0.1) is 13.2 Å². The fraction of sp³-hybridized carbons (Fsp3) is 0.917. The molecule has 0 aliphatic rings. The van der Waals surface area contributed by atoms with E-state index in [2.05, 4.69) is 18.4 Å². The summed E-state index contributed by atoms with van der Waals surface area (Å²) in [7, 11) is -4.70. The number of rotatable bonds is 36. The molecule has 0 rings (SSSR count). The van der Waals surface area contributed by atoms with Gasteiger partial charge in [-0.2, -0.15) is 0 Å². The molecule has 0 saturated heterocycles. The van der Waals surface area contributed by atoms with Crippen LogP contribution in [0.25, 0.3) is 0 Å². The van der Waals surface area contributed by atoms with E-state index in [1.807, 2.05) is 0 Å². The van der Waals surface area contributed by atoms with Gasteiger partial charge in [0.2, 0.25) is 0 Å². The molecule has 11 nitrogen and oxygen atoms in total. The number of carboxylic acids is 1. The van der Waals surface area contributed by atoms with Gasteiger partial charge in [0, 0.05) is 12.8 Å². The van der Waals surface area contributed by atoms with Crippen molar-refractivity contribution in [1.29, 1.82) is 0 Å². The van der Waals surface area contributed by atoms with E-state index < -0.39 is 51.1 Å². The predicted octanol–water partition coefficient (Wildman–Crippen LogP) is 9.17. The summed E-state index contributed by atoms with van der Waals surface area (Å²) < 4.78 is 32.5. The van der Waals surface area contributed by atoms with Gasteiger partial charge in [-0.15, -0.1) is 0 Å². The number of carboxylic acid groups (broad SMARTS) is 1. The third kappa shape index (κ3) is 31.7. The van der Waals surface area contributed by atoms with E-state index in [0.717, 1.165) is 38.5 Å². The predicted molar refractivity (Wildman–Crippen MR) is 190 cm³/mol. The van der Waals surface area contributed by atoms with Crippen molar-refractivity contribution in [1.82, 2.24) is 0 Å². The summed E-state index contributed by atoms with van der Waals surface area (Å²) in [6, 6.07) is -1.51. The molecule has 3 atom stereocenters. The molecule has 0 aromatic rings. The first-order chi connectivity index (χ1) is 23.1. The number of phosphoric acid groups is 1. The van der Waals surface area contributed by atoms with Crippen LogP contribution in [-0.4, -0.2) is 59.9 Å². The van der Waals surface area contributed by atoms with Crippen LogP contribution in [0.1, 0.15) is 181 Å². The molecule has 0 fully saturated rings. The van der Waals surface area contributed by atoms with Gasteiger partial charge in [0.15, 0.2) is 6.10 Å². The van der Waals surface area contributed by atoms with Crippen molar-refractivity contribution < 1.29 is 47.5 Å². The monoisotopic (exact) mass is 707 g/mol. The lowest BCUT2D eigenvalue weighted by Crippen LogP contribution is -2.34. The molecule has 284 valence electrons. The van der Waals surface area contributed by atoms with Gasteiger partial charge in [0.25, 0.3) is 0 Å². The minimum Gasteiger partial charge on any atom is -0.480 e. The molecule has 0 spiro atoms. The molecule has 0 radical (unpaired) electrons. The zero-order chi connectivity index (χ0) is 35.7. The van der Waals surface area contributed by atoms with E-state index in [1.54, 1.807) is 0 Å². The lowest BCUT2D eigenvalue weighted by atomic mass is 10.0. The highest BCUT2D eigenvalue weighted by atomic mass is 31.2. The molecule has 0 amide bonds. The number of unbranched alkanes of at least 4 members (excludes halogenated alkanes) is 22. The number of esters is 2. The first kappa shape index (κ1) is 46.5. The van der Waals surface area contributed by atoms with Gasteiger partial charge >= 0.3 is 25.7 Å². The number of aliphatic carboxylic acids is 1. The van der Waals surface area contributed by atoms with Crippen LogP contribution in [0.15, 0.2) is 0 Å². The number of ether oxygens (including phenoxy) is 2. The van der Waals surface area contributed by atoms with E-state index in [-0.39, 0.29) is 19.4 Å². The fourth-order valence-electron chi connectivity index (χ4n) is 5.30. The van der Waals surface area contributed by atoms with Crippen LogP contribution in [0, 0.1) is 0 Å². The average molecular weight is 708 g/mol. The van der Waals surface area contributed by atoms with Crippen molar-refractivity contribution in [2.24, 2.45) is 5.73 Å². The maximum atomic E-state index is 12.5. The first-order valence-electron chi connectivity index (χ1n) is 19.1. The Labute approximate surface area is 291 Å². The summed E-state index contributed by atoms with van der Waals surface area (Å²) in [5.74, 6) is -2.37. The van der Waals surface area contributed by atoms with Crippen LogP contribution in [0.5, 0.6) is 0 Å². The Kier molecular flexibility index (Phi) is 31.6. The number of nitrogens with two attached hydrogens (primary N) is 1. The third-order valence-electron chi connectivity index (χ3n) is 8.36. The summed E-state index contributed by atoms with van der Waals surface area (Å²) in [4.78, 5) is 45.6. The summed E-state index contributed by atoms with van der Waals surface area (Å²) in [6.07, 6.45) is 27.6. The normalized spacial score (nSPS) is 13.9. The van der Waals surface area contributed by atoms with Gasteiger partial charge in [0.1, 0.15) is 12.6 Å². The van der Waals surface area contributed by atoms with E-state index in [1.165, 1.54) is 103 Å². The summed E-state index contributed by atoms with van der Waals surface area (Å²) >= 11 is 0. The minimum absolute atomic E-state index is 0.169. The van der Waals surface area contributed by atoms with Crippen LogP contribution in [0.4, 0.5) is 0 Å². The molecule has 0 heterocycles. The number of hydrogen-bond donors (Lipinski definition) is 3. The summed E-state index contributed by atoms with van der Waals surface area (Å²) in [5.41, 5.74) is 5.31. The van der Waals surface area contributed by atoms with E-state index in [4.69, 9.17) is 24.8 Å². The Morgan fingerprint density at radius 3 is 1.31 bits per heavy atom. The van der Waals surface area contributed by atoms with Crippen molar-refractivity contribution >= 4 is 25.7 Å². The Hall–Kier alpha value is -1.52. The smallest absolute Gasteiger partial charge is 0.472 e. The van der Waals surface area contributed by atoms with Crippen molar-refractivity contribution in [2.45, 2.75) is 193 Å². The topological polar surface area (TPSA) is 172 Å². The molecular formula is C36H70NO10P. The van der Waals surface area contributed by atoms with Crippen LogP contribution >= 0.6 is 7.82 Å². The zero-order valence-corrected chi connectivity index (χ0v) is 31.2. The van der Waals surface area contributed by atoms with Gasteiger partial charge in [-0.05, 0) is 12.8 Å². The molecule has 4 N–H and O–H groups in total. The summed E-state index contributed by atoms with van der Waals surface area (Å²) in [5, 5.41) is 8.84. The maximum absolute atomic E-state index is 12.5.